The molecular weight excluding hydrogens is 482 g/mol. The maximum atomic E-state index is 14.3. The zero-order valence-corrected chi connectivity index (χ0v) is 20.5. The molecule has 1 unspecified atom stereocenters. The SMILES string of the molecule is COc1cc2c(Nc3ccc(Cl)cc3F)ncnc2cc1OCC(O)CN1CCCCCC1.Cl. The molecule has 0 spiro atoms. The molecule has 34 heavy (non-hydrogen) atoms. The van der Waals surface area contributed by atoms with E-state index < -0.39 is 11.9 Å². The maximum Gasteiger partial charge on any atom is 0.163 e. The minimum atomic E-state index is -0.612. The number of aliphatic hydroxyl groups is 1. The van der Waals surface area contributed by atoms with Crippen LogP contribution in [0.1, 0.15) is 25.7 Å². The first-order valence-electron chi connectivity index (χ1n) is 11.1. The molecule has 0 bridgehead atoms. The van der Waals surface area contributed by atoms with E-state index in [0.29, 0.717) is 39.8 Å². The van der Waals surface area contributed by atoms with Gasteiger partial charge in [0, 0.05) is 23.0 Å². The standard InChI is InChI=1S/C24H28ClFN4O3.ClH/c1-32-22-11-18-21(27-15-28-24(18)29-20-7-6-16(25)10-19(20)26)12-23(22)33-14-17(31)13-30-8-4-2-3-5-9-30;/h6-7,10-12,15,17,31H,2-5,8-9,13-14H2,1H3,(H,27,28,29);1H. The third kappa shape index (κ3) is 6.60. The molecule has 184 valence electrons. The molecule has 2 aromatic carbocycles. The number of ether oxygens (including phenoxy) is 2. The molecule has 2 N–H and O–H groups in total. The van der Waals surface area contributed by atoms with Crippen LogP contribution >= 0.6 is 24.0 Å². The Balaban J connectivity index is 0.00000324. The van der Waals surface area contributed by atoms with Crippen LogP contribution in [0.3, 0.4) is 0 Å². The third-order valence-electron chi connectivity index (χ3n) is 5.70. The Hall–Kier alpha value is -2.39. The van der Waals surface area contributed by atoms with Crippen molar-refractivity contribution in [1.29, 1.82) is 0 Å². The molecule has 0 saturated carbocycles. The number of rotatable bonds is 8. The third-order valence-corrected chi connectivity index (χ3v) is 5.94. The molecule has 7 nitrogen and oxygen atoms in total. The van der Waals surface area contributed by atoms with Crippen molar-refractivity contribution in [3.8, 4) is 11.5 Å². The van der Waals surface area contributed by atoms with E-state index in [1.165, 1.54) is 45.2 Å². The second-order valence-corrected chi connectivity index (χ2v) is 8.61. The minimum Gasteiger partial charge on any atom is -0.493 e. The first-order chi connectivity index (χ1) is 16.0. The highest BCUT2D eigenvalue weighted by Crippen LogP contribution is 2.35. The van der Waals surface area contributed by atoms with Gasteiger partial charge in [-0.15, -0.1) is 12.4 Å². The average Bonchev–Trinajstić information content (AvgIpc) is 3.07. The van der Waals surface area contributed by atoms with Crippen molar-refractivity contribution in [2.45, 2.75) is 31.8 Å². The van der Waals surface area contributed by atoms with Crippen LogP contribution in [0.4, 0.5) is 15.9 Å². The average molecular weight is 511 g/mol. The van der Waals surface area contributed by atoms with Crippen molar-refractivity contribution >= 4 is 46.4 Å². The summed E-state index contributed by atoms with van der Waals surface area (Å²) in [4.78, 5) is 10.9. The van der Waals surface area contributed by atoms with Gasteiger partial charge in [0.15, 0.2) is 11.5 Å². The normalized spacial score (nSPS) is 15.3. The highest BCUT2D eigenvalue weighted by Gasteiger charge is 2.17. The lowest BCUT2D eigenvalue weighted by Gasteiger charge is -2.23. The first kappa shape index (κ1) is 26.2. The summed E-state index contributed by atoms with van der Waals surface area (Å²) in [6, 6.07) is 7.85. The minimum absolute atomic E-state index is 0. The van der Waals surface area contributed by atoms with Crippen LogP contribution in [0.2, 0.25) is 5.02 Å². The lowest BCUT2D eigenvalue weighted by Crippen LogP contribution is -2.36. The number of nitrogens with one attached hydrogen (secondary N) is 1. The Bertz CT molecular complexity index is 1100. The van der Waals surface area contributed by atoms with E-state index >= 15 is 0 Å². The van der Waals surface area contributed by atoms with Gasteiger partial charge in [-0.3, -0.25) is 0 Å². The van der Waals surface area contributed by atoms with Gasteiger partial charge in [0.05, 0.1) is 18.3 Å². The van der Waals surface area contributed by atoms with E-state index in [1.807, 2.05) is 0 Å². The molecule has 0 amide bonds. The van der Waals surface area contributed by atoms with Crippen LogP contribution in [-0.4, -0.2) is 59.4 Å². The number of nitrogens with zero attached hydrogens (tertiary/aromatic N) is 3. The summed E-state index contributed by atoms with van der Waals surface area (Å²) in [6.07, 6.45) is 5.62. The number of fused-ring (bicyclic) bond motifs is 1. The second-order valence-electron chi connectivity index (χ2n) is 8.17. The highest BCUT2D eigenvalue weighted by molar-refractivity contribution is 6.30. The number of aliphatic hydroxyl groups excluding tert-OH is 1. The topological polar surface area (TPSA) is 79.7 Å². The van der Waals surface area contributed by atoms with Crippen LogP contribution in [0.15, 0.2) is 36.7 Å². The Morgan fingerprint density at radius 1 is 1.12 bits per heavy atom. The van der Waals surface area contributed by atoms with E-state index in [2.05, 4.69) is 20.2 Å². The highest BCUT2D eigenvalue weighted by atomic mass is 35.5. The number of β-amino-alcohol motifs (C(OH)–C–C–N with tert-alkyl or cyclic N) is 1. The van der Waals surface area contributed by atoms with Crippen LogP contribution in [-0.2, 0) is 0 Å². The molecule has 0 aliphatic carbocycles. The fourth-order valence-electron chi connectivity index (χ4n) is 4.01. The Labute approximate surface area is 209 Å². The quantitative estimate of drug-likeness (QED) is 0.430. The zero-order chi connectivity index (χ0) is 23.2. The van der Waals surface area contributed by atoms with Crippen LogP contribution in [0, 0.1) is 5.82 Å². The van der Waals surface area contributed by atoms with Gasteiger partial charge < -0.3 is 24.8 Å². The molecule has 10 heteroatoms. The molecule has 1 aromatic heterocycles. The van der Waals surface area contributed by atoms with E-state index in [4.69, 9.17) is 21.1 Å². The van der Waals surface area contributed by atoms with Crippen molar-refractivity contribution in [1.82, 2.24) is 14.9 Å². The van der Waals surface area contributed by atoms with Crippen molar-refractivity contribution in [3.05, 3.63) is 47.5 Å². The predicted octanol–water partition coefficient (Wildman–Crippen LogP) is 5.21. The molecule has 1 aliphatic heterocycles. The summed E-state index contributed by atoms with van der Waals surface area (Å²) in [5.74, 6) is 0.882. The lowest BCUT2D eigenvalue weighted by molar-refractivity contribution is 0.0684. The summed E-state index contributed by atoms with van der Waals surface area (Å²) in [7, 11) is 1.54. The number of methoxy groups -OCH3 is 1. The van der Waals surface area contributed by atoms with Crippen molar-refractivity contribution in [3.63, 3.8) is 0 Å². The lowest BCUT2D eigenvalue weighted by atomic mass is 10.2. The number of halogens is 3. The summed E-state index contributed by atoms with van der Waals surface area (Å²) >= 11 is 5.84. The molecule has 4 rings (SSSR count). The zero-order valence-electron chi connectivity index (χ0n) is 19.0. The Morgan fingerprint density at radius 2 is 1.88 bits per heavy atom. The van der Waals surface area contributed by atoms with E-state index in [1.54, 1.807) is 24.3 Å². The molecule has 1 saturated heterocycles. The van der Waals surface area contributed by atoms with Gasteiger partial charge >= 0.3 is 0 Å². The number of hydrogen-bond donors (Lipinski definition) is 2. The van der Waals surface area contributed by atoms with Crippen molar-refractivity contribution in [2.75, 3.05) is 38.7 Å². The summed E-state index contributed by atoms with van der Waals surface area (Å²) in [5.41, 5.74) is 0.843. The van der Waals surface area contributed by atoms with E-state index in [-0.39, 0.29) is 24.7 Å². The number of likely N-dealkylation sites (tertiary alicyclic amines) is 1. The Kier molecular flexibility index (Phi) is 9.53. The first-order valence-corrected chi connectivity index (χ1v) is 11.5. The molecule has 3 aromatic rings. The summed E-state index contributed by atoms with van der Waals surface area (Å²) in [5, 5.41) is 14.4. The van der Waals surface area contributed by atoms with Gasteiger partial charge in [0.2, 0.25) is 0 Å². The smallest absolute Gasteiger partial charge is 0.163 e. The van der Waals surface area contributed by atoms with Crippen LogP contribution in [0.25, 0.3) is 10.9 Å². The predicted molar refractivity (Wildman–Crippen MR) is 134 cm³/mol. The molecular formula is C24H29Cl2FN4O3. The maximum absolute atomic E-state index is 14.3. The summed E-state index contributed by atoms with van der Waals surface area (Å²) in [6.45, 7) is 2.75. The van der Waals surface area contributed by atoms with E-state index in [0.717, 1.165) is 13.1 Å². The number of hydrogen-bond acceptors (Lipinski definition) is 7. The van der Waals surface area contributed by atoms with E-state index in [9.17, 15) is 9.50 Å². The molecule has 1 atom stereocenters. The van der Waals surface area contributed by atoms with Gasteiger partial charge in [0.25, 0.3) is 0 Å². The second kappa shape index (κ2) is 12.4. The number of anilines is 2. The van der Waals surface area contributed by atoms with Gasteiger partial charge in [-0.25, -0.2) is 14.4 Å². The Morgan fingerprint density at radius 3 is 2.59 bits per heavy atom. The molecule has 2 heterocycles. The number of benzene rings is 2. The molecule has 1 fully saturated rings. The van der Waals surface area contributed by atoms with Gasteiger partial charge in [0.1, 0.15) is 30.7 Å². The number of aromatic nitrogens is 2. The van der Waals surface area contributed by atoms with Crippen molar-refractivity contribution < 1.29 is 19.0 Å². The van der Waals surface area contributed by atoms with Gasteiger partial charge in [-0.05, 0) is 50.2 Å². The summed E-state index contributed by atoms with van der Waals surface area (Å²) < 4.78 is 25.7. The fourth-order valence-corrected chi connectivity index (χ4v) is 4.17. The largest absolute Gasteiger partial charge is 0.493 e. The van der Waals surface area contributed by atoms with Crippen LogP contribution in [0.5, 0.6) is 11.5 Å². The molecule has 1 aliphatic rings. The monoisotopic (exact) mass is 510 g/mol. The fraction of sp³-hybridized carbons (Fsp3) is 0.417. The van der Waals surface area contributed by atoms with Gasteiger partial charge in [-0.1, -0.05) is 24.4 Å². The molecule has 0 radical (unpaired) electrons. The van der Waals surface area contributed by atoms with Crippen molar-refractivity contribution in [2.24, 2.45) is 0 Å². The van der Waals surface area contributed by atoms with Gasteiger partial charge in [-0.2, -0.15) is 0 Å². The van der Waals surface area contributed by atoms with Crippen LogP contribution < -0.4 is 14.8 Å².